The van der Waals surface area contributed by atoms with Crippen LogP contribution in [-0.4, -0.2) is 38.2 Å². The lowest BCUT2D eigenvalue weighted by atomic mass is 9.94. The van der Waals surface area contributed by atoms with Gasteiger partial charge in [0.2, 0.25) is 0 Å². The highest BCUT2D eigenvalue weighted by atomic mass is 35.5. The number of para-hydroxylation sites is 1. The van der Waals surface area contributed by atoms with Crippen molar-refractivity contribution in [2.45, 2.75) is 26.3 Å². The zero-order chi connectivity index (χ0) is 13.7. The van der Waals surface area contributed by atoms with E-state index in [0.29, 0.717) is 12.0 Å². The first-order valence-electron chi connectivity index (χ1n) is 7.30. The summed E-state index contributed by atoms with van der Waals surface area (Å²) < 4.78 is 5.56. The molecule has 1 fully saturated rings. The van der Waals surface area contributed by atoms with Crippen molar-refractivity contribution in [3.8, 4) is 5.75 Å². The lowest BCUT2D eigenvalue weighted by molar-refractivity contribution is 0.151. The minimum Gasteiger partial charge on any atom is -0.496 e. The van der Waals surface area contributed by atoms with Crippen LogP contribution in [0.4, 0.5) is 0 Å². The molecule has 1 atom stereocenters. The molecule has 0 amide bonds. The minimum absolute atomic E-state index is 0. The Balaban J connectivity index is 0.00000200. The van der Waals surface area contributed by atoms with Crippen molar-refractivity contribution in [2.75, 3.05) is 33.3 Å². The molecule has 5 heteroatoms. The molecule has 1 aromatic carbocycles. The van der Waals surface area contributed by atoms with Gasteiger partial charge in [0.15, 0.2) is 0 Å². The van der Waals surface area contributed by atoms with Gasteiger partial charge in [-0.3, -0.25) is 4.90 Å². The van der Waals surface area contributed by atoms with E-state index in [2.05, 4.69) is 42.3 Å². The molecule has 1 heterocycles. The molecular formula is C16H28Cl2N2O. The predicted octanol–water partition coefficient (Wildman–Crippen LogP) is 3.53. The van der Waals surface area contributed by atoms with E-state index in [1.165, 1.54) is 12.0 Å². The van der Waals surface area contributed by atoms with Crippen LogP contribution in [-0.2, 0) is 0 Å². The summed E-state index contributed by atoms with van der Waals surface area (Å²) >= 11 is 0. The Labute approximate surface area is 141 Å². The second kappa shape index (κ2) is 10.3. The van der Waals surface area contributed by atoms with Gasteiger partial charge in [-0.25, -0.2) is 0 Å². The number of nitrogens with one attached hydrogen (secondary N) is 1. The van der Waals surface area contributed by atoms with Gasteiger partial charge in [-0.1, -0.05) is 32.0 Å². The number of hydrogen-bond donors (Lipinski definition) is 1. The van der Waals surface area contributed by atoms with E-state index >= 15 is 0 Å². The van der Waals surface area contributed by atoms with E-state index in [1.54, 1.807) is 7.11 Å². The highest BCUT2D eigenvalue weighted by molar-refractivity contribution is 5.85. The van der Waals surface area contributed by atoms with Crippen LogP contribution in [0.25, 0.3) is 0 Å². The van der Waals surface area contributed by atoms with Crippen LogP contribution in [0.3, 0.4) is 0 Å². The number of methoxy groups -OCH3 is 1. The maximum atomic E-state index is 5.56. The van der Waals surface area contributed by atoms with Gasteiger partial charge in [-0.15, -0.1) is 24.8 Å². The molecule has 3 nitrogen and oxygen atoms in total. The van der Waals surface area contributed by atoms with E-state index in [9.17, 15) is 0 Å². The number of rotatable bonds is 5. The van der Waals surface area contributed by atoms with E-state index < -0.39 is 0 Å². The number of hydrogen-bond acceptors (Lipinski definition) is 3. The van der Waals surface area contributed by atoms with Crippen LogP contribution >= 0.6 is 24.8 Å². The first kappa shape index (κ1) is 20.5. The Hall–Kier alpha value is -0.480. The Morgan fingerprint density at radius 2 is 1.76 bits per heavy atom. The number of nitrogens with zero attached hydrogens (tertiary/aromatic N) is 1. The molecule has 1 N–H and O–H groups in total. The summed E-state index contributed by atoms with van der Waals surface area (Å²) in [7, 11) is 1.77. The van der Waals surface area contributed by atoms with Crippen molar-refractivity contribution in [3.05, 3.63) is 29.8 Å². The average molecular weight is 335 g/mol. The summed E-state index contributed by atoms with van der Waals surface area (Å²) in [5.74, 6) is 1.71. The molecule has 2 rings (SSSR count). The quantitative estimate of drug-likeness (QED) is 0.891. The molecule has 0 bridgehead atoms. The topological polar surface area (TPSA) is 24.5 Å². The summed E-state index contributed by atoms with van der Waals surface area (Å²) in [4.78, 5) is 2.59. The Morgan fingerprint density at radius 3 is 2.33 bits per heavy atom. The molecule has 0 saturated carbocycles. The van der Waals surface area contributed by atoms with Crippen molar-refractivity contribution < 1.29 is 4.74 Å². The zero-order valence-corrected chi connectivity index (χ0v) is 14.8. The second-order valence-electron chi connectivity index (χ2n) is 5.67. The highest BCUT2D eigenvalue weighted by Gasteiger charge is 2.25. The van der Waals surface area contributed by atoms with Gasteiger partial charge in [-0.2, -0.15) is 0 Å². The standard InChI is InChI=1S/C16H26N2O.2ClH/c1-13(2)12-15(18-10-8-17-9-11-18)14-6-4-5-7-16(14)19-3;;/h4-7,13,15,17H,8-12H2,1-3H3;2*1H/t15-;;/m1../s1. The van der Waals surface area contributed by atoms with E-state index in [1.807, 2.05) is 6.07 Å². The zero-order valence-electron chi connectivity index (χ0n) is 13.2. The summed E-state index contributed by atoms with van der Waals surface area (Å²) in [6.45, 7) is 9.01. The van der Waals surface area contributed by atoms with E-state index in [4.69, 9.17) is 4.74 Å². The number of halogens is 2. The smallest absolute Gasteiger partial charge is 0.123 e. The van der Waals surface area contributed by atoms with Crippen LogP contribution in [0.1, 0.15) is 31.9 Å². The molecule has 1 aliphatic rings. The Kier molecular flexibility index (Phi) is 10.0. The lowest BCUT2D eigenvalue weighted by Crippen LogP contribution is -2.45. The van der Waals surface area contributed by atoms with Gasteiger partial charge in [0.25, 0.3) is 0 Å². The molecule has 1 saturated heterocycles. The van der Waals surface area contributed by atoms with Gasteiger partial charge in [-0.05, 0) is 18.4 Å². The summed E-state index contributed by atoms with van der Waals surface area (Å²) in [6, 6.07) is 8.93. The van der Waals surface area contributed by atoms with E-state index in [-0.39, 0.29) is 24.8 Å². The number of ether oxygens (including phenoxy) is 1. The fraction of sp³-hybridized carbons (Fsp3) is 0.625. The lowest BCUT2D eigenvalue weighted by Gasteiger charge is -2.36. The largest absolute Gasteiger partial charge is 0.496 e. The summed E-state index contributed by atoms with van der Waals surface area (Å²) in [6.07, 6.45) is 1.18. The van der Waals surface area contributed by atoms with Crippen molar-refractivity contribution in [1.82, 2.24) is 10.2 Å². The third-order valence-electron chi connectivity index (χ3n) is 3.78. The molecule has 21 heavy (non-hydrogen) atoms. The van der Waals surface area contributed by atoms with Crippen molar-refractivity contribution in [2.24, 2.45) is 5.92 Å². The predicted molar refractivity (Wildman–Crippen MR) is 94.1 cm³/mol. The number of benzene rings is 1. The third kappa shape index (κ3) is 5.67. The molecule has 1 aromatic rings. The van der Waals surface area contributed by atoms with Gasteiger partial charge in [0.1, 0.15) is 5.75 Å². The Morgan fingerprint density at radius 1 is 1.14 bits per heavy atom. The first-order chi connectivity index (χ1) is 9.22. The van der Waals surface area contributed by atoms with Crippen molar-refractivity contribution >= 4 is 24.8 Å². The fourth-order valence-electron chi connectivity index (χ4n) is 2.85. The van der Waals surface area contributed by atoms with Crippen LogP contribution in [0.2, 0.25) is 0 Å². The van der Waals surface area contributed by atoms with Crippen LogP contribution in [0.15, 0.2) is 24.3 Å². The van der Waals surface area contributed by atoms with Crippen molar-refractivity contribution in [1.29, 1.82) is 0 Å². The van der Waals surface area contributed by atoms with Crippen LogP contribution in [0.5, 0.6) is 5.75 Å². The molecular weight excluding hydrogens is 307 g/mol. The molecule has 122 valence electrons. The second-order valence-corrected chi connectivity index (χ2v) is 5.67. The van der Waals surface area contributed by atoms with Gasteiger partial charge in [0.05, 0.1) is 7.11 Å². The van der Waals surface area contributed by atoms with Crippen LogP contribution < -0.4 is 10.1 Å². The monoisotopic (exact) mass is 334 g/mol. The summed E-state index contributed by atoms with van der Waals surface area (Å²) in [5, 5.41) is 3.43. The minimum atomic E-state index is 0. The van der Waals surface area contributed by atoms with E-state index in [0.717, 1.165) is 31.9 Å². The SMILES string of the molecule is COc1ccccc1[C@@H](CC(C)C)N1CCNCC1.Cl.Cl. The third-order valence-corrected chi connectivity index (χ3v) is 3.78. The molecule has 0 unspecified atom stereocenters. The maximum Gasteiger partial charge on any atom is 0.123 e. The normalized spacial score (nSPS) is 16.8. The van der Waals surface area contributed by atoms with Crippen LogP contribution in [0, 0.1) is 5.92 Å². The molecule has 0 aliphatic carbocycles. The molecule has 1 aliphatic heterocycles. The Bertz CT molecular complexity index is 396. The first-order valence-corrected chi connectivity index (χ1v) is 7.30. The fourth-order valence-corrected chi connectivity index (χ4v) is 2.85. The van der Waals surface area contributed by atoms with Crippen molar-refractivity contribution in [3.63, 3.8) is 0 Å². The molecule has 0 aromatic heterocycles. The summed E-state index contributed by atoms with van der Waals surface area (Å²) in [5.41, 5.74) is 1.33. The maximum absolute atomic E-state index is 5.56. The highest BCUT2D eigenvalue weighted by Crippen LogP contribution is 2.33. The average Bonchev–Trinajstić information content (AvgIpc) is 2.45. The molecule has 0 radical (unpaired) electrons. The van der Waals surface area contributed by atoms with Gasteiger partial charge >= 0.3 is 0 Å². The van der Waals surface area contributed by atoms with Gasteiger partial charge in [0, 0.05) is 37.8 Å². The molecule has 0 spiro atoms. The number of piperazine rings is 1. The van der Waals surface area contributed by atoms with Gasteiger partial charge < -0.3 is 10.1 Å².